The van der Waals surface area contributed by atoms with Gasteiger partial charge in [-0.1, -0.05) is 28.7 Å². The van der Waals surface area contributed by atoms with Crippen molar-refractivity contribution in [2.24, 2.45) is 0 Å². The summed E-state index contributed by atoms with van der Waals surface area (Å²) < 4.78 is 0.848. The van der Waals surface area contributed by atoms with Gasteiger partial charge in [0.15, 0.2) is 0 Å². The van der Waals surface area contributed by atoms with Crippen molar-refractivity contribution in [3.63, 3.8) is 0 Å². The van der Waals surface area contributed by atoms with Crippen molar-refractivity contribution < 1.29 is 19.2 Å². The minimum atomic E-state index is -0.933. The van der Waals surface area contributed by atoms with Crippen LogP contribution in [0.2, 0.25) is 0 Å². The molecule has 1 aromatic carbocycles. The number of carbonyl (C=O) groups excluding carboxylic acids is 4. The van der Waals surface area contributed by atoms with Crippen molar-refractivity contribution >= 4 is 51.9 Å². The molecule has 1 unspecified atom stereocenters. The van der Waals surface area contributed by atoms with Crippen LogP contribution in [0.1, 0.15) is 33.6 Å². The third kappa shape index (κ3) is 2.71. The maximum atomic E-state index is 12.7. The molecule has 1 saturated heterocycles. The van der Waals surface area contributed by atoms with Crippen LogP contribution in [0.15, 0.2) is 18.2 Å². The number of imide groups is 2. The Hall–Kier alpha value is -1.97. The molecule has 3 rings (SSSR count). The number of alkyl halides is 1. The van der Waals surface area contributed by atoms with Crippen molar-refractivity contribution in [2.75, 3.05) is 16.3 Å². The van der Waals surface area contributed by atoms with Crippen LogP contribution >= 0.6 is 22.6 Å². The van der Waals surface area contributed by atoms with Crippen molar-refractivity contribution in [1.82, 2.24) is 10.2 Å². The molecule has 1 atom stereocenters. The predicted octanol–water partition coefficient (Wildman–Crippen LogP) is 0.935. The molecule has 0 radical (unpaired) electrons. The minimum absolute atomic E-state index is 0.115. The molecule has 7 nitrogen and oxygen atoms in total. The highest BCUT2D eigenvalue weighted by Crippen LogP contribution is 2.32. The van der Waals surface area contributed by atoms with Gasteiger partial charge in [-0.15, -0.1) is 0 Å². The number of nitrogens with one attached hydrogen (secondary N) is 2. The van der Waals surface area contributed by atoms with Crippen molar-refractivity contribution in [1.29, 1.82) is 0 Å². The van der Waals surface area contributed by atoms with Crippen molar-refractivity contribution in [3.05, 3.63) is 29.3 Å². The highest BCUT2D eigenvalue weighted by atomic mass is 127. The predicted molar refractivity (Wildman–Crippen MR) is 90.5 cm³/mol. The monoisotopic (exact) mass is 427 g/mol. The molecule has 0 bridgehead atoms. The largest absolute Gasteiger partial charge is 0.384 e. The van der Waals surface area contributed by atoms with Gasteiger partial charge in [-0.25, -0.2) is 0 Å². The molecule has 0 spiro atoms. The zero-order chi connectivity index (χ0) is 16.6. The van der Waals surface area contributed by atoms with Gasteiger partial charge >= 0.3 is 0 Å². The summed E-state index contributed by atoms with van der Waals surface area (Å²) >= 11 is 2.21. The molecule has 2 N–H and O–H groups in total. The van der Waals surface area contributed by atoms with Crippen LogP contribution in [0.4, 0.5) is 5.69 Å². The van der Waals surface area contributed by atoms with Crippen LogP contribution in [0.3, 0.4) is 0 Å². The summed E-state index contributed by atoms with van der Waals surface area (Å²) in [6, 6.07) is 4.09. The van der Waals surface area contributed by atoms with Crippen LogP contribution in [0, 0.1) is 0 Å². The van der Waals surface area contributed by atoms with E-state index in [1.807, 2.05) is 0 Å². The molecule has 2 aliphatic rings. The van der Waals surface area contributed by atoms with Gasteiger partial charge in [0.05, 0.1) is 11.1 Å². The Morgan fingerprint density at radius 2 is 2.00 bits per heavy atom. The molecule has 2 heterocycles. The first-order valence-electron chi connectivity index (χ1n) is 7.19. The Kier molecular flexibility index (Phi) is 4.33. The van der Waals surface area contributed by atoms with Crippen LogP contribution in [0.5, 0.6) is 0 Å². The van der Waals surface area contributed by atoms with E-state index >= 15 is 0 Å². The quantitative estimate of drug-likeness (QED) is 0.424. The zero-order valence-corrected chi connectivity index (χ0v) is 14.3. The van der Waals surface area contributed by atoms with Crippen LogP contribution in [-0.4, -0.2) is 45.5 Å². The van der Waals surface area contributed by atoms with Crippen molar-refractivity contribution in [2.45, 2.75) is 18.9 Å². The second-order valence-corrected chi connectivity index (χ2v) is 6.37. The molecule has 1 aromatic rings. The summed E-state index contributed by atoms with van der Waals surface area (Å²) in [5.74, 6) is -1.96. The van der Waals surface area contributed by atoms with Gasteiger partial charge in [0, 0.05) is 23.1 Å². The highest BCUT2D eigenvalue weighted by Gasteiger charge is 2.45. The van der Waals surface area contributed by atoms with E-state index in [9.17, 15) is 19.2 Å². The highest BCUT2D eigenvalue weighted by molar-refractivity contribution is 14.1. The first kappa shape index (κ1) is 15.9. The minimum Gasteiger partial charge on any atom is -0.384 e. The number of amides is 4. The molecule has 0 aromatic heterocycles. The average Bonchev–Trinajstić information content (AvgIpc) is 2.78. The first-order chi connectivity index (χ1) is 11.0. The second kappa shape index (κ2) is 6.26. The fraction of sp³-hybridized carbons (Fsp3) is 0.333. The van der Waals surface area contributed by atoms with Crippen LogP contribution in [0.25, 0.3) is 0 Å². The average molecular weight is 427 g/mol. The van der Waals surface area contributed by atoms with E-state index in [4.69, 9.17) is 0 Å². The summed E-state index contributed by atoms with van der Waals surface area (Å²) in [5.41, 5.74) is 1.18. The number of piperidine rings is 1. The van der Waals surface area contributed by atoms with Gasteiger partial charge in [-0.3, -0.25) is 29.4 Å². The van der Waals surface area contributed by atoms with Gasteiger partial charge < -0.3 is 5.32 Å². The summed E-state index contributed by atoms with van der Waals surface area (Å²) in [5, 5.41) is 5.31. The lowest BCUT2D eigenvalue weighted by Crippen LogP contribution is -2.54. The summed E-state index contributed by atoms with van der Waals surface area (Å²) in [4.78, 5) is 49.5. The summed E-state index contributed by atoms with van der Waals surface area (Å²) in [6.07, 6.45) is 0.274. The molecular weight excluding hydrogens is 413 g/mol. The van der Waals surface area contributed by atoms with Gasteiger partial charge in [0.25, 0.3) is 11.8 Å². The van der Waals surface area contributed by atoms with Gasteiger partial charge in [-0.2, -0.15) is 0 Å². The molecule has 0 aliphatic carbocycles. The Labute approximate surface area is 145 Å². The number of fused-ring (bicyclic) bond motifs is 1. The zero-order valence-electron chi connectivity index (χ0n) is 12.1. The smallest absolute Gasteiger partial charge is 0.264 e. The number of halogens is 1. The van der Waals surface area contributed by atoms with Crippen LogP contribution in [-0.2, 0) is 9.59 Å². The lowest BCUT2D eigenvalue weighted by atomic mass is 10.0. The van der Waals surface area contributed by atoms with Crippen molar-refractivity contribution in [3.8, 4) is 0 Å². The topological polar surface area (TPSA) is 95.6 Å². The van der Waals surface area contributed by atoms with E-state index in [0.29, 0.717) is 17.8 Å². The van der Waals surface area contributed by atoms with E-state index in [0.717, 1.165) is 9.33 Å². The van der Waals surface area contributed by atoms with Gasteiger partial charge in [0.2, 0.25) is 11.8 Å². The van der Waals surface area contributed by atoms with E-state index in [-0.39, 0.29) is 24.3 Å². The SMILES string of the molecule is O=C1CCC(N2C(=O)c3cccc(NCCI)c3C2=O)C(=O)N1. The molecule has 1 fully saturated rings. The number of nitrogens with zero attached hydrogens (tertiary/aromatic N) is 1. The summed E-state index contributed by atoms with van der Waals surface area (Å²) in [7, 11) is 0. The fourth-order valence-electron chi connectivity index (χ4n) is 2.84. The normalized spacial score (nSPS) is 20.6. The molecule has 4 amide bonds. The molecule has 0 saturated carbocycles. The van der Waals surface area contributed by atoms with E-state index < -0.39 is 23.8 Å². The number of hydrogen-bond acceptors (Lipinski definition) is 5. The van der Waals surface area contributed by atoms with Crippen LogP contribution < -0.4 is 10.6 Å². The van der Waals surface area contributed by atoms with E-state index in [2.05, 4.69) is 33.2 Å². The molecule has 23 heavy (non-hydrogen) atoms. The molecule has 2 aliphatic heterocycles. The third-order valence-corrected chi connectivity index (χ3v) is 4.42. The molecular formula is C15H14IN3O4. The second-order valence-electron chi connectivity index (χ2n) is 5.29. The van der Waals surface area contributed by atoms with E-state index in [1.54, 1.807) is 18.2 Å². The number of benzene rings is 1. The van der Waals surface area contributed by atoms with E-state index in [1.165, 1.54) is 0 Å². The maximum Gasteiger partial charge on any atom is 0.264 e. The Morgan fingerprint density at radius 3 is 2.70 bits per heavy atom. The lowest BCUT2D eigenvalue weighted by molar-refractivity contribution is -0.136. The first-order valence-corrected chi connectivity index (χ1v) is 8.71. The molecule has 8 heteroatoms. The summed E-state index contributed by atoms with van der Waals surface area (Å²) in [6.45, 7) is 0.664. The Bertz CT molecular complexity index is 719. The van der Waals surface area contributed by atoms with Gasteiger partial charge in [-0.05, 0) is 18.6 Å². The van der Waals surface area contributed by atoms with Gasteiger partial charge in [0.1, 0.15) is 6.04 Å². The standard InChI is InChI=1S/C15H14IN3O4/c16-6-7-17-9-3-1-2-8-12(9)15(23)19(14(8)22)10-4-5-11(20)18-13(10)21/h1-3,10,17H,4-7H2,(H,18,20,21). The number of anilines is 1. The lowest BCUT2D eigenvalue weighted by Gasteiger charge is -2.27. The number of rotatable bonds is 4. The Morgan fingerprint density at radius 1 is 1.22 bits per heavy atom. The number of carbonyl (C=O) groups is 4. The fourth-order valence-corrected chi connectivity index (χ4v) is 3.11. The molecule has 120 valence electrons. The maximum absolute atomic E-state index is 12.7. The third-order valence-electron chi connectivity index (χ3n) is 3.88. The Balaban J connectivity index is 1.94. The number of hydrogen-bond donors (Lipinski definition) is 2.